The van der Waals surface area contributed by atoms with Gasteiger partial charge < -0.3 is 11.1 Å². The van der Waals surface area contributed by atoms with Crippen LogP contribution in [0.4, 0.5) is 0 Å². The summed E-state index contributed by atoms with van der Waals surface area (Å²) in [5, 5.41) is 2.57. The van der Waals surface area contributed by atoms with E-state index >= 15 is 0 Å². The molecular formula is C9H18N2O2. The van der Waals surface area contributed by atoms with Crippen LogP contribution in [0.15, 0.2) is 0 Å². The van der Waals surface area contributed by atoms with Gasteiger partial charge in [-0.1, -0.05) is 13.8 Å². The lowest BCUT2D eigenvalue weighted by Gasteiger charge is -2.28. The average Bonchev–Trinajstić information content (AvgIpc) is 1.82. The lowest BCUT2D eigenvalue weighted by atomic mass is 9.90. The quantitative estimate of drug-likeness (QED) is 0.667. The maximum atomic E-state index is 11.1. The van der Waals surface area contributed by atoms with Gasteiger partial charge in [-0.05, 0) is 19.3 Å². The van der Waals surface area contributed by atoms with Crippen molar-refractivity contribution in [1.29, 1.82) is 0 Å². The van der Waals surface area contributed by atoms with Gasteiger partial charge in [0.05, 0.1) is 0 Å². The van der Waals surface area contributed by atoms with E-state index in [-0.39, 0.29) is 5.91 Å². The fraction of sp³-hybridized carbons (Fsp3) is 0.778. The second-order valence-electron chi connectivity index (χ2n) is 3.98. The minimum atomic E-state index is -0.917. The Morgan fingerprint density at radius 3 is 2.15 bits per heavy atom. The van der Waals surface area contributed by atoms with E-state index in [0.717, 1.165) is 0 Å². The zero-order chi connectivity index (χ0) is 10.6. The lowest BCUT2D eigenvalue weighted by molar-refractivity contribution is -0.130. The van der Waals surface area contributed by atoms with E-state index in [9.17, 15) is 9.59 Å². The molecule has 0 heterocycles. The van der Waals surface area contributed by atoms with Crippen molar-refractivity contribution < 1.29 is 9.59 Å². The highest BCUT2D eigenvalue weighted by Crippen LogP contribution is 2.15. The van der Waals surface area contributed by atoms with Gasteiger partial charge in [0.2, 0.25) is 11.8 Å². The number of rotatable bonds is 4. The van der Waals surface area contributed by atoms with Gasteiger partial charge in [0.1, 0.15) is 5.54 Å². The standard InChI is InChI=1S/C9H18N2O2/c1-6(2)5-9(4,8(10)13)11-7(3)12/h6H,5H2,1-4H3,(H2,10,13)(H,11,12). The zero-order valence-electron chi connectivity index (χ0n) is 8.68. The molecule has 2 amide bonds. The van der Waals surface area contributed by atoms with Crippen LogP contribution in [0.3, 0.4) is 0 Å². The molecule has 0 saturated carbocycles. The molecule has 4 nitrogen and oxygen atoms in total. The first kappa shape index (κ1) is 11.9. The van der Waals surface area contributed by atoms with Crippen LogP contribution in [0.1, 0.15) is 34.1 Å². The van der Waals surface area contributed by atoms with Gasteiger partial charge in [0, 0.05) is 6.92 Å². The van der Waals surface area contributed by atoms with E-state index in [1.54, 1.807) is 6.92 Å². The van der Waals surface area contributed by atoms with E-state index in [1.807, 2.05) is 13.8 Å². The summed E-state index contributed by atoms with van der Waals surface area (Å²) < 4.78 is 0. The van der Waals surface area contributed by atoms with Crippen LogP contribution in [-0.2, 0) is 9.59 Å². The third kappa shape index (κ3) is 3.92. The predicted octanol–water partition coefficient (Wildman–Crippen LogP) is 0.413. The lowest BCUT2D eigenvalue weighted by Crippen LogP contribution is -2.55. The Labute approximate surface area is 78.9 Å². The van der Waals surface area contributed by atoms with Gasteiger partial charge in [-0.15, -0.1) is 0 Å². The molecule has 0 aromatic rings. The van der Waals surface area contributed by atoms with Crippen LogP contribution in [0, 0.1) is 5.92 Å². The Morgan fingerprint density at radius 2 is 1.92 bits per heavy atom. The van der Waals surface area contributed by atoms with Crippen molar-refractivity contribution in [3.8, 4) is 0 Å². The molecule has 3 N–H and O–H groups in total. The third-order valence-electron chi connectivity index (χ3n) is 1.81. The molecule has 0 aliphatic carbocycles. The summed E-state index contributed by atoms with van der Waals surface area (Å²) in [5.74, 6) is -0.414. The number of hydrogen-bond donors (Lipinski definition) is 2. The van der Waals surface area contributed by atoms with E-state index in [1.165, 1.54) is 6.92 Å². The maximum Gasteiger partial charge on any atom is 0.242 e. The number of amides is 2. The first-order valence-corrected chi connectivity index (χ1v) is 4.36. The molecule has 0 aromatic carbocycles. The second kappa shape index (κ2) is 4.25. The second-order valence-corrected chi connectivity index (χ2v) is 3.98. The average molecular weight is 186 g/mol. The summed E-state index contributed by atoms with van der Waals surface area (Å²) in [4.78, 5) is 21.9. The summed E-state index contributed by atoms with van der Waals surface area (Å²) >= 11 is 0. The first-order chi connectivity index (χ1) is 5.78. The van der Waals surface area contributed by atoms with Gasteiger partial charge in [-0.25, -0.2) is 0 Å². The molecule has 0 spiro atoms. The van der Waals surface area contributed by atoms with Crippen molar-refractivity contribution in [3.63, 3.8) is 0 Å². The van der Waals surface area contributed by atoms with Crippen molar-refractivity contribution >= 4 is 11.8 Å². The molecule has 0 aliphatic heterocycles. The van der Waals surface area contributed by atoms with Crippen molar-refractivity contribution in [2.24, 2.45) is 11.7 Å². The molecule has 0 aromatic heterocycles. The molecule has 1 atom stereocenters. The van der Waals surface area contributed by atoms with Crippen LogP contribution in [0.25, 0.3) is 0 Å². The Bertz CT molecular complexity index is 214. The summed E-state index contributed by atoms with van der Waals surface area (Å²) in [6.45, 7) is 6.98. The Balaban J connectivity index is 4.52. The van der Waals surface area contributed by atoms with E-state index in [2.05, 4.69) is 5.32 Å². The molecule has 0 radical (unpaired) electrons. The smallest absolute Gasteiger partial charge is 0.242 e. The zero-order valence-corrected chi connectivity index (χ0v) is 8.68. The van der Waals surface area contributed by atoms with Crippen LogP contribution < -0.4 is 11.1 Å². The summed E-state index contributed by atoms with van der Waals surface area (Å²) in [6.07, 6.45) is 0.557. The summed E-state index contributed by atoms with van der Waals surface area (Å²) in [6, 6.07) is 0. The highest BCUT2D eigenvalue weighted by molar-refractivity contribution is 5.89. The number of nitrogens with one attached hydrogen (secondary N) is 1. The molecule has 1 unspecified atom stereocenters. The first-order valence-electron chi connectivity index (χ1n) is 4.36. The fourth-order valence-electron chi connectivity index (χ4n) is 1.42. The van der Waals surface area contributed by atoms with E-state index < -0.39 is 11.4 Å². The van der Waals surface area contributed by atoms with Crippen molar-refractivity contribution in [3.05, 3.63) is 0 Å². The minimum absolute atomic E-state index is 0.234. The normalized spacial score (nSPS) is 15.2. The molecule has 0 aliphatic rings. The van der Waals surface area contributed by atoms with Gasteiger partial charge in [0.15, 0.2) is 0 Å². The van der Waals surface area contributed by atoms with Crippen LogP contribution in [0.2, 0.25) is 0 Å². The molecule has 0 rings (SSSR count). The van der Waals surface area contributed by atoms with Gasteiger partial charge in [0.25, 0.3) is 0 Å². The number of primary amides is 1. The number of nitrogens with two attached hydrogens (primary N) is 1. The van der Waals surface area contributed by atoms with E-state index in [0.29, 0.717) is 12.3 Å². The summed E-state index contributed by atoms with van der Waals surface area (Å²) in [5.41, 5.74) is 4.30. The van der Waals surface area contributed by atoms with Crippen LogP contribution in [0.5, 0.6) is 0 Å². The van der Waals surface area contributed by atoms with Gasteiger partial charge in [-0.3, -0.25) is 9.59 Å². The fourth-order valence-corrected chi connectivity index (χ4v) is 1.42. The summed E-state index contributed by atoms with van der Waals surface area (Å²) in [7, 11) is 0. The highest BCUT2D eigenvalue weighted by atomic mass is 16.2. The number of carbonyl (C=O) groups is 2. The maximum absolute atomic E-state index is 11.1. The molecule has 13 heavy (non-hydrogen) atoms. The SMILES string of the molecule is CC(=O)NC(C)(CC(C)C)C(N)=O. The third-order valence-corrected chi connectivity index (χ3v) is 1.81. The van der Waals surface area contributed by atoms with Gasteiger partial charge >= 0.3 is 0 Å². The molecule has 0 bridgehead atoms. The van der Waals surface area contributed by atoms with Crippen molar-refractivity contribution in [1.82, 2.24) is 5.32 Å². The Kier molecular flexibility index (Phi) is 3.91. The molecule has 0 fully saturated rings. The topological polar surface area (TPSA) is 72.2 Å². The Morgan fingerprint density at radius 1 is 1.46 bits per heavy atom. The number of carbonyl (C=O) groups excluding carboxylic acids is 2. The minimum Gasteiger partial charge on any atom is -0.368 e. The van der Waals surface area contributed by atoms with Crippen LogP contribution >= 0.6 is 0 Å². The van der Waals surface area contributed by atoms with Crippen molar-refractivity contribution in [2.45, 2.75) is 39.7 Å². The van der Waals surface area contributed by atoms with E-state index in [4.69, 9.17) is 5.73 Å². The molecule has 76 valence electrons. The monoisotopic (exact) mass is 186 g/mol. The number of hydrogen-bond acceptors (Lipinski definition) is 2. The molecule has 4 heteroatoms. The van der Waals surface area contributed by atoms with Gasteiger partial charge in [-0.2, -0.15) is 0 Å². The largest absolute Gasteiger partial charge is 0.368 e. The molecule has 0 saturated heterocycles. The highest BCUT2D eigenvalue weighted by Gasteiger charge is 2.32. The van der Waals surface area contributed by atoms with Crippen molar-refractivity contribution in [2.75, 3.05) is 0 Å². The molecular weight excluding hydrogens is 168 g/mol. The predicted molar refractivity (Wildman–Crippen MR) is 50.9 cm³/mol. The van der Waals surface area contributed by atoms with Crippen LogP contribution in [-0.4, -0.2) is 17.4 Å². The Hall–Kier alpha value is -1.06.